The van der Waals surface area contributed by atoms with Crippen LogP contribution in [-0.2, 0) is 10.2 Å². The fraction of sp³-hybridized carbons (Fsp3) is 0.450. The molecule has 1 atom stereocenters. The molecule has 0 saturated carbocycles. The molecule has 2 aliphatic rings. The summed E-state index contributed by atoms with van der Waals surface area (Å²) < 4.78 is 5.70. The molecule has 2 heterocycles. The van der Waals surface area contributed by atoms with Crippen LogP contribution in [0.15, 0.2) is 41.1 Å². The first-order valence-electron chi connectivity index (χ1n) is 8.67. The van der Waals surface area contributed by atoms with Crippen LogP contribution in [0.1, 0.15) is 53.3 Å². The molecule has 1 aromatic carbocycles. The lowest BCUT2D eigenvalue weighted by atomic mass is 9.64. The van der Waals surface area contributed by atoms with E-state index in [1.54, 1.807) is 11.3 Å². The quantitative estimate of drug-likeness (QED) is 0.810. The van der Waals surface area contributed by atoms with Gasteiger partial charge in [-0.15, -0.1) is 0 Å². The van der Waals surface area contributed by atoms with Crippen molar-refractivity contribution in [1.29, 1.82) is 0 Å². The van der Waals surface area contributed by atoms with Crippen molar-refractivity contribution in [3.63, 3.8) is 0 Å². The zero-order chi connectivity index (χ0) is 16.6. The Balaban J connectivity index is 1.55. The summed E-state index contributed by atoms with van der Waals surface area (Å²) in [4.78, 5) is 14.6. The number of hydrogen-bond donors (Lipinski definition) is 0. The van der Waals surface area contributed by atoms with Crippen LogP contribution in [0.25, 0.3) is 0 Å². The fourth-order valence-corrected chi connectivity index (χ4v) is 5.06. The smallest absolute Gasteiger partial charge is 0.254 e. The first kappa shape index (κ1) is 15.9. The Hall–Kier alpha value is -1.65. The standard InChI is InChI=1S/C20H23NO2S/c1-23-18-6-8-20(17-5-3-2-4-16(17)18)9-11-21(12-10-20)19(22)15-7-13-24-14-15/h2-5,7,13-14,18H,6,8-12H2,1H3. The molecule has 126 valence electrons. The molecule has 2 aromatic rings. The number of likely N-dealkylation sites (tertiary alicyclic amines) is 1. The average Bonchev–Trinajstić information content (AvgIpc) is 3.17. The highest BCUT2D eigenvalue weighted by Crippen LogP contribution is 2.48. The van der Waals surface area contributed by atoms with Crippen LogP contribution in [0.5, 0.6) is 0 Å². The van der Waals surface area contributed by atoms with Gasteiger partial charge in [0.1, 0.15) is 0 Å². The summed E-state index contributed by atoms with van der Waals surface area (Å²) in [5.41, 5.74) is 3.85. The highest BCUT2D eigenvalue weighted by Gasteiger charge is 2.42. The number of fused-ring (bicyclic) bond motifs is 2. The number of benzene rings is 1. The van der Waals surface area contributed by atoms with Crippen molar-refractivity contribution in [1.82, 2.24) is 4.90 Å². The van der Waals surface area contributed by atoms with Crippen molar-refractivity contribution in [3.8, 4) is 0 Å². The number of carbonyl (C=O) groups is 1. The SMILES string of the molecule is COC1CCC2(CCN(C(=O)c3ccsc3)CC2)c2ccccc21. The van der Waals surface area contributed by atoms with Gasteiger partial charge in [0.25, 0.3) is 5.91 Å². The Labute approximate surface area is 147 Å². The molecular weight excluding hydrogens is 318 g/mol. The minimum atomic E-state index is 0.185. The van der Waals surface area contributed by atoms with Crippen molar-refractivity contribution in [2.24, 2.45) is 0 Å². The van der Waals surface area contributed by atoms with Gasteiger partial charge in [-0.05, 0) is 53.7 Å². The van der Waals surface area contributed by atoms with Crippen LogP contribution in [0, 0.1) is 0 Å². The van der Waals surface area contributed by atoms with Crippen molar-refractivity contribution in [2.75, 3.05) is 20.2 Å². The second-order valence-corrected chi connectivity index (χ2v) is 7.71. The molecule has 1 aliphatic heterocycles. The largest absolute Gasteiger partial charge is 0.377 e. The van der Waals surface area contributed by atoms with Crippen molar-refractivity contribution < 1.29 is 9.53 Å². The van der Waals surface area contributed by atoms with Gasteiger partial charge < -0.3 is 9.64 Å². The number of nitrogens with zero attached hydrogens (tertiary/aromatic N) is 1. The van der Waals surface area contributed by atoms with Gasteiger partial charge >= 0.3 is 0 Å². The highest BCUT2D eigenvalue weighted by molar-refractivity contribution is 7.08. The third-order valence-electron chi connectivity index (χ3n) is 5.82. The summed E-state index contributed by atoms with van der Waals surface area (Å²) in [6, 6.07) is 10.7. The van der Waals surface area contributed by atoms with Crippen molar-refractivity contribution in [3.05, 3.63) is 57.8 Å². The van der Waals surface area contributed by atoms with E-state index in [-0.39, 0.29) is 17.4 Å². The van der Waals surface area contributed by atoms with Gasteiger partial charge in [-0.25, -0.2) is 0 Å². The van der Waals surface area contributed by atoms with Gasteiger partial charge in [0.15, 0.2) is 0 Å². The summed E-state index contributed by atoms with van der Waals surface area (Å²) in [6.07, 6.45) is 4.55. The van der Waals surface area contributed by atoms with Crippen LogP contribution in [0.2, 0.25) is 0 Å². The van der Waals surface area contributed by atoms with Crippen LogP contribution in [0.4, 0.5) is 0 Å². The van der Waals surface area contributed by atoms with Crippen LogP contribution in [0.3, 0.4) is 0 Å². The third kappa shape index (κ3) is 2.58. The van der Waals surface area contributed by atoms with E-state index in [1.807, 2.05) is 28.8 Å². The van der Waals surface area contributed by atoms with Crippen molar-refractivity contribution in [2.45, 2.75) is 37.2 Å². The summed E-state index contributed by atoms with van der Waals surface area (Å²) in [5, 5.41) is 3.92. The number of thiophene rings is 1. The first-order chi connectivity index (χ1) is 11.7. The number of piperidine rings is 1. The fourth-order valence-electron chi connectivity index (χ4n) is 4.43. The lowest BCUT2D eigenvalue weighted by Crippen LogP contribution is -2.46. The van der Waals surface area contributed by atoms with Gasteiger partial charge in [0.05, 0.1) is 11.7 Å². The monoisotopic (exact) mass is 341 g/mol. The number of rotatable bonds is 2. The van der Waals surface area contributed by atoms with Crippen LogP contribution in [-0.4, -0.2) is 31.0 Å². The molecule has 1 amide bonds. The van der Waals surface area contributed by atoms with Crippen LogP contribution < -0.4 is 0 Å². The lowest BCUT2D eigenvalue weighted by molar-refractivity contribution is 0.0501. The minimum Gasteiger partial charge on any atom is -0.377 e. The molecule has 0 N–H and O–H groups in total. The maximum Gasteiger partial charge on any atom is 0.254 e. The zero-order valence-electron chi connectivity index (χ0n) is 14.0. The highest BCUT2D eigenvalue weighted by atomic mass is 32.1. The van der Waals surface area contributed by atoms with E-state index in [2.05, 4.69) is 24.3 Å². The Morgan fingerprint density at radius 3 is 2.71 bits per heavy atom. The molecule has 1 aliphatic carbocycles. The number of methoxy groups -OCH3 is 1. The molecule has 4 rings (SSSR count). The molecule has 24 heavy (non-hydrogen) atoms. The van der Waals surface area contributed by atoms with E-state index in [9.17, 15) is 4.79 Å². The predicted molar refractivity (Wildman–Crippen MR) is 96.6 cm³/mol. The molecule has 4 heteroatoms. The molecule has 1 aromatic heterocycles. The average molecular weight is 341 g/mol. The number of carbonyl (C=O) groups excluding carboxylic acids is 1. The number of amides is 1. The third-order valence-corrected chi connectivity index (χ3v) is 6.51. The molecule has 0 radical (unpaired) electrons. The van der Waals surface area contributed by atoms with Gasteiger partial charge in [-0.2, -0.15) is 11.3 Å². The molecule has 0 bridgehead atoms. The summed E-state index contributed by atoms with van der Waals surface area (Å²) in [6.45, 7) is 1.70. The maximum atomic E-state index is 12.6. The summed E-state index contributed by atoms with van der Waals surface area (Å²) >= 11 is 1.59. The Kier molecular flexibility index (Phi) is 4.19. The molecule has 1 saturated heterocycles. The van der Waals surface area contributed by atoms with E-state index in [1.165, 1.54) is 11.1 Å². The van der Waals surface area contributed by atoms with Crippen molar-refractivity contribution >= 4 is 17.2 Å². The topological polar surface area (TPSA) is 29.5 Å². The second-order valence-electron chi connectivity index (χ2n) is 6.93. The van der Waals surface area contributed by atoms with E-state index in [0.717, 1.165) is 44.3 Å². The molecular formula is C20H23NO2S. The second kappa shape index (κ2) is 6.34. The Morgan fingerprint density at radius 2 is 2.00 bits per heavy atom. The summed E-state index contributed by atoms with van der Waals surface area (Å²) in [7, 11) is 1.81. The van der Waals surface area contributed by atoms with E-state index in [4.69, 9.17) is 4.74 Å². The van der Waals surface area contributed by atoms with E-state index >= 15 is 0 Å². The van der Waals surface area contributed by atoms with Gasteiger partial charge in [0, 0.05) is 25.6 Å². The number of ether oxygens (including phenoxy) is 1. The minimum absolute atomic E-state index is 0.185. The van der Waals surface area contributed by atoms with E-state index in [0.29, 0.717) is 0 Å². The van der Waals surface area contributed by atoms with E-state index < -0.39 is 0 Å². The van der Waals surface area contributed by atoms with Gasteiger partial charge in [-0.3, -0.25) is 4.79 Å². The maximum absolute atomic E-state index is 12.6. The molecule has 1 fully saturated rings. The molecule has 3 nitrogen and oxygen atoms in total. The van der Waals surface area contributed by atoms with Gasteiger partial charge in [0.2, 0.25) is 0 Å². The molecule has 1 spiro atoms. The lowest BCUT2D eigenvalue weighted by Gasteiger charge is -2.47. The molecule has 1 unspecified atom stereocenters. The first-order valence-corrected chi connectivity index (χ1v) is 9.61. The van der Waals surface area contributed by atoms with Gasteiger partial charge in [-0.1, -0.05) is 24.3 Å². The van der Waals surface area contributed by atoms with Crippen LogP contribution >= 0.6 is 11.3 Å². The summed E-state index contributed by atoms with van der Waals surface area (Å²) in [5.74, 6) is 0.185. The Morgan fingerprint density at radius 1 is 1.21 bits per heavy atom. The zero-order valence-corrected chi connectivity index (χ0v) is 14.8. The predicted octanol–water partition coefficient (Wildman–Crippen LogP) is 4.40. The normalized spacial score (nSPS) is 22.4. The number of hydrogen-bond acceptors (Lipinski definition) is 3. The Bertz CT molecular complexity index is 717.